The van der Waals surface area contributed by atoms with Crippen LogP contribution >= 0.6 is 0 Å². The van der Waals surface area contributed by atoms with Crippen molar-refractivity contribution in [3.8, 4) is 0 Å². The lowest BCUT2D eigenvalue weighted by Crippen LogP contribution is -2.42. The summed E-state index contributed by atoms with van der Waals surface area (Å²) in [5.41, 5.74) is 0. The van der Waals surface area contributed by atoms with E-state index in [1.807, 2.05) is 7.05 Å². The van der Waals surface area contributed by atoms with Crippen molar-refractivity contribution in [2.45, 2.75) is 32.1 Å². The van der Waals surface area contributed by atoms with Crippen LogP contribution in [0.4, 0.5) is 0 Å². The van der Waals surface area contributed by atoms with Crippen LogP contribution in [0, 0.1) is 5.92 Å². The van der Waals surface area contributed by atoms with Crippen LogP contribution in [0.2, 0.25) is 0 Å². The van der Waals surface area contributed by atoms with Gasteiger partial charge in [0.05, 0.1) is 5.75 Å². The van der Waals surface area contributed by atoms with E-state index in [0.717, 1.165) is 32.5 Å². The lowest BCUT2D eigenvalue weighted by Gasteiger charge is -2.33. The summed E-state index contributed by atoms with van der Waals surface area (Å²) >= 11 is 0. The third-order valence-electron chi connectivity index (χ3n) is 4.51. The van der Waals surface area contributed by atoms with E-state index in [0.29, 0.717) is 12.3 Å². The zero-order valence-corrected chi connectivity index (χ0v) is 13.5. The number of piperidine rings is 1. The van der Waals surface area contributed by atoms with Crippen molar-refractivity contribution < 1.29 is 8.42 Å². The van der Waals surface area contributed by atoms with Crippen LogP contribution in [0.3, 0.4) is 0 Å². The minimum absolute atomic E-state index is 0.282. The van der Waals surface area contributed by atoms with Gasteiger partial charge in [-0.15, -0.1) is 0 Å². The van der Waals surface area contributed by atoms with Crippen molar-refractivity contribution in [2.75, 3.05) is 52.1 Å². The van der Waals surface area contributed by atoms with Gasteiger partial charge in [-0.1, -0.05) is 0 Å². The summed E-state index contributed by atoms with van der Waals surface area (Å²) in [5.74, 6) is 0.974. The summed E-state index contributed by atoms with van der Waals surface area (Å²) in [7, 11) is -1.17. The highest BCUT2D eigenvalue weighted by Crippen LogP contribution is 2.22. The van der Waals surface area contributed by atoms with E-state index in [4.69, 9.17) is 0 Å². The van der Waals surface area contributed by atoms with Crippen LogP contribution < -0.4 is 5.32 Å². The van der Waals surface area contributed by atoms with Crippen molar-refractivity contribution in [3.05, 3.63) is 0 Å². The first-order chi connectivity index (χ1) is 9.62. The van der Waals surface area contributed by atoms with Crippen LogP contribution in [0.1, 0.15) is 32.1 Å². The molecule has 118 valence electrons. The Bertz CT molecular complexity index is 372. The van der Waals surface area contributed by atoms with Crippen molar-refractivity contribution >= 4 is 10.0 Å². The van der Waals surface area contributed by atoms with E-state index in [1.165, 1.54) is 32.5 Å². The third kappa shape index (κ3) is 4.69. The lowest BCUT2D eigenvalue weighted by molar-refractivity contribution is 0.206. The summed E-state index contributed by atoms with van der Waals surface area (Å²) in [4.78, 5) is 2.54. The summed E-state index contributed by atoms with van der Waals surface area (Å²) in [6, 6.07) is 0. The number of nitrogens with one attached hydrogen (secondary N) is 1. The Labute approximate surface area is 123 Å². The third-order valence-corrected chi connectivity index (χ3v) is 6.47. The van der Waals surface area contributed by atoms with Gasteiger partial charge in [0, 0.05) is 19.6 Å². The van der Waals surface area contributed by atoms with Gasteiger partial charge in [-0.05, 0) is 64.7 Å². The molecule has 20 heavy (non-hydrogen) atoms. The second-order valence-corrected chi connectivity index (χ2v) is 8.21. The van der Waals surface area contributed by atoms with Crippen LogP contribution in [0.25, 0.3) is 0 Å². The Balaban J connectivity index is 1.72. The molecule has 2 rings (SSSR count). The molecule has 0 aromatic carbocycles. The van der Waals surface area contributed by atoms with Gasteiger partial charge in [0.1, 0.15) is 0 Å². The van der Waals surface area contributed by atoms with Gasteiger partial charge in [0.2, 0.25) is 10.0 Å². The molecule has 2 fully saturated rings. The van der Waals surface area contributed by atoms with E-state index in [9.17, 15) is 8.42 Å². The number of sulfonamides is 1. The number of hydrogen-bond donors (Lipinski definition) is 1. The molecule has 0 radical (unpaired) electrons. The van der Waals surface area contributed by atoms with Crippen LogP contribution in [-0.4, -0.2) is 69.7 Å². The molecule has 0 spiro atoms. The molecule has 0 atom stereocenters. The molecule has 0 amide bonds. The van der Waals surface area contributed by atoms with E-state index in [2.05, 4.69) is 10.2 Å². The highest BCUT2D eigenvalue weighted by Gasteiger charge is 2.28. The fourth-order valence-corrected chi connectivity index (χ4v) is 4.80. The molecule has 0 unspecified atom stereocenters. The van der Waals surface area contributed by atoms with Gasteiger partial charge in [-0.25, -0.2) is 12.7 Å². The van der Waals surface area contributed by atoms with Gasteiger partial charge < -0.3 is 10.2 Å². The van der Waals surface area contributed by atoms with Crippen LogP contribution in [0.15, 0.2) is 0 Å². The molecule has 2 aliphatic rings. The normalized spacial score (nSPS) is 23.4. The Kier molecular flexibility index (Phi) is 6.26. The van der Waals surface area contributed by atoms with Gasteiger partial charge in [-0.2, -0.15) is 0 Å². The largest absolute Gasteiger partial charge is 0.320 e. The topological polar surface area (TPSA) is 52.7 Å². The molecule has 0 saturated carbocycles. The Morgan fingerprint density at radius 2 is 1.75 bits per heavy atom. The van der Waals surface area contributed by atoms with Crippen molar-refractivity contribution in [3.63, 3.8) is 0 Å². The zero-order valence-electron chi connectivity index (χ0n) is 12.7. The molecule has 2 saturated heterocycles. The smallest absolute Gasteiger partial charge is 0.214 e. The fourth-order valence-electron chi connectivity index (χ4n) is 3.26. The SMILES string of the molecule is CNCCCS(=O)(=O)N1CCC(CN2CCCC2)CC1. The zero-order chi connectivity index (χ0) is 14.4. The van der Waals surface area contributed by atoms with E-state index < -0.39 is 10.0 Å². The first-order valence-electron chi connectivity index (χ1n) is 7.96. The molecule has 6 heteroatoms. The second-order valence-electron chi connectivity index (χ2n) is 6.12. The first kappa shape index (κ1) is 16.2. The molecule has 2 heterocycles. The lowest BCUT2D eigenvalue weighted by atomic mass is 9.98. The number of hydrogen-bond acceptors (Lipinski definition) is 4. The fraction of sp³-hybridized carbons (Fsp3) is 1.00. The molecule has 0 aliphatic carbocycles. The standard InChI is InChI=1S/C14H29N3O2S/c1-15-7-4-12-20(18,19)17-10-5-14(6-11-17)13-16-8-2-3-9-16/h14-15H,2-13H2,1H3. The minimum atomic E-state index is -3.03. The predicted molar refractivity (Wildman–Crippen MR) is 82.3 cm³/mol. The van der Waals surface area contributed by atoms with Gasteiger partial charge in [0.15, 0.2) is 0 Å². The first-order valence-corrected chi connectivity index (χ1v) is 9.57. The maximum atomic E-state index is 12.2. The Morgan fingerprint density at radius 1 is 1.10 bits per heavy atom. The van der Waals surface area contributed by atoms with Crippen LogP contribution in [-0.2, 0) is 10.0 Å². The molecule has 0 aromatic rings. The van der Waals surface area contributed by atoms with Gasteiger partial charge in [-0.3, -0.25) is 0 Å². The van der Waals surface area contributed by atoms with Crippen molar-refractivity contribution in [1.82, 2.24) is 14.5 Å². The monoisotopic (exact) mass is 303 g/mol. The average molecular weight is 303 g/mol. The summed E-state index contributed by atoms with van der Waals surface area (Å²) in [6.07, 6.45) is 5.42. The summed E-state index contributed by atoms with van der Waals surface area (Å²) in [5, 5.41) is 3.00. The van der Waals surface area contributed by atoms with E-state index in [1.54, 1.807) is 4.31 Å². The van der Waals surface area contributed by atoms with Gasteiger partial charge >= 0.3 is 0 Å². The maximum absolute atomic E-state index is 12.2. The minimum Gasteiger partial charge on any atom is -0.320 e. The maximum Gasteiger partial charge on any atom is 0.214 e. The number of likely N-dealkylation sites (tertiary alicyclic amines) is 1. The van der Waals surface area contributed by atoms with Crippen molar-refractivity contribution in [2.24, 2.45) is 5.92 Å². The van der Waals surface area contributed by atoms with E-state index >= 15 is 0 Å². The summed E-state index contributed by atoms with van der Waals surface area (Å²) in [6.45, 7) is 5.87. The molecule has 0 aromatic heterocycles. The second kappa shape index (κ2) is 7.73. The molecule has 0 bridgehead atoms. The Morgan fingerprint density at radius 3 is 2.35 bits per heavy atom. The molecular formula is C14H29N3O2S. The molecule has 2 aliphatic heterocycles. The van der Waals surface area contributed by atoms with Gasteiger partial charge in [0.25, 0.3) is 0 Å². The van der Waals surface area contributed by atoms with Crippen molar-refractivity contribution in [1.29, 1.82) is 0 Å². The molecule has 5 nitrogen and oxygen atoms in total. The quantitative estimate of drug-likeness (QED) is 0.705. The highest BCUT2D eigenvalue weighted by atomic mass is 32.2. The van der Waals surface area contributed by atoms with Crippen LogP contribution in [0.5, 0.6) is 0 Å². The molecular weight excluding hydrogens is 274 g/mol. The number of nitrogens with zero attached hydrogens (tertiary/aromatic N) is 2. The Hall–Kier alpha value is -0.170. The molecule has 1 N–H and O–H groups in total. The highest BCUT2D eigenvalue weighted by molar-refractivity contribution is 7.89. The summed E-state index contributed by atoms with van der Waals surface area (Å²) < 4.78 is 26.1. The number of rotatable bonds is 7. The average Bonchev–Trinajstić information content (AvgIpc) is 2.92. The predicted octanol–water partition coefficient (Wildman–Crippen LogP) is 0.734. The van der Waals surface area contributed by atoms with E-state index in [-0.39, 0.29) is 5.75 Å².